The molecule has 10 heteroatoms. The van der Waals surface area contributed by atoms with Crippen molar-refractivity contribution in [1.82, 2.24) is 0 Å². The van der Waals surface area contributed by atoms with E-state index in [4.69, 9.17) is 9.47 Å². The fourth-order valence-corrected chi connectivity index (χ4v) is 4.15. The summed E-state index contributed by atoms with van der Waals surface area (Å²) in [5.41, 5.74) is 0.363. The Kier molecular flexibility index (Phi) is 6.76. The zero-order chi connectivity index (χ0) is 18.6. The van der Waals surface area contributed by atoms with Crippen molar-refractivity contribution >= 4 is 67.2 Å². The minimum Gasteiger partial charge on any atom is -0.744 e. The van der Waals surface area contributed by atoms with Gasteiger partial charge in [-0.05, 0) is 81.6 Å². The topological polar surface area (TPSA) is 110 Å². The second-order valence-corrected chi connectivity index (χ2v) is 8.28. The molecule has 25 heavy (non-hydrogen) atoms. The number of hydrogen-bond donors (Lipinski definition) is 0. The smallest absolute Gasteiger partial charge is 0.349 e. The van der Waals surface area contributed by atoms with Gasteiger partial charge in [0.2, 0.25) is 0 Å². The monoisotopic (exact) mass is 587 g/mol. The first kappa shape index (κ1) is 20.1. The summed E-state index contributed by atoms with van der Waals surface area (Å²) in [5, 5.41) is 0. The van der Waals surface area contributed by atoms with Crippen LogP contribution < -0.4 is 4.74 Å². The SMILES string of the molecule is O=C(COC(=O)c1c(I)cccc1I)Oc1ccc(S(=O)(=O)[O-])cc1. The Bertz CT molecular complexity index is 888. The van der Waals surface area contributed by atoms with Gasteiger partial charge < -0.3 is 14.0 Å². The van der Waals surface area contributed by atoms with Gasteiger partial charge in [0.05, 0.1) is 10.5 Å². The van der Waals surface area contributed by atoms with E-state index >= 15 is 0 Å². The van der Waals surface area contributed by atoms with Crippen molar-refractivity contribution in [3.8, 4) is 5.75 Å². The third kappa shape index (κ3) is 5.62. The number of halogens is 2. The average Bonchev–Trinajstić information content (AvgIpc) is 2.52. The van der Waals surface area contributed by atoms with Crippen LogP contribution in [0.25, 0.3) is 0 Å². The lowest BCUT2D eigenvalue weighted by Crippen LogP contribution is -2.20. The molecule has 0 aliphatic rings. The Balaban J connectivity index is 1.96. The normalized spacial score (nSPS) is 11.0. The highest BCUT2D eigenvalue weighted by atomic mass is 127. The second kappa shape index (κ2) is 8.42. The van der Waals surface area contributed by atoms with Gasteiger partial charge in [-0.15, -0.1) is 0 Å². The van der Waals surface area contributed by atoms with E-state index in [2.05, 4.69) is 0 Å². The molecule has 0 aromatic heterocycles. The van der Waals surface area contributed by atoms with Crippen molar-refractivity contribution in [3.05, 3.63) is 55.2 Å². The van der Waals surface area contributed by atoms with E-state index in [0.29, 0.717) is 12.7 Å². The fraction of sp³-hybridized carbons (Fsp3) is 0.0667. The molecule has 2 rings (SSSR count). The maximum absolute atomic E-state index is 12.1. The van der Waals surface area contributed by atoms with E-state index in [1.807, 2.05) is 45.2 Å². The van der Waals surface area contributed by atoms with Gasteiger partial charge in [-0.25, -0.2) is 18.0 Å². The number of ether oxygens (including phenoxy) is 2. The van der Waals surface area contributed by atoms with E-state index in [9.17, 15) is 22.6 Å². The van der Waals surface area contributed by atoms with Crippen LogP contribution in [-0.2, 0) is 19.6 Å². The molecule has 0 atom stereocenters. The third-order valence-corrected chi connectivity index (χ3v) is 5.48. The molecule has 2 aromatic carbocycles. The average molecular weight is 587 g/mol. The standard InChI is InChI=1S/C15H10I2O7S/c16-11-2-1-3-12(17)14(11)15(19)23-8-13(18)24-9-4-6-10(7-5-9)25(20,21)22/h1-7H,8H2,(H,20,21,22)/p-1. The molecule has 0 amide bonds. The zero-order valence-corrected chi connectivity index (χ0v) is 17.4. The number of esters is 2. The van der Waals surface area contributed by atoms with E-state index < -0.39 is 33.6 Å². The highest BCUT2D eigenvalue weighted by molar-refractivity contribution is 14.1. The molecule has 2 aromatic rings. The summed E-state index contributed by atoms with van der Waals surface area (Å²) >= 11 is 3.98. The maximum atomic E-state index is 12.1. The van der Waals surface area contributed by atoms with Gasteiger partial charge in [0.1, 0.15) is 15.9 Å². The van der Waals surface area contributed by atoms with E-state index in [1.165, 1.54) is 0 Å². The van der Waals surface area contributed by atoms with Crippen molar-refractivity contribution in [3.63, 3.8) is 0 Å². The summed E-state index contributed by atoms with van der Waals surface area (Å²) in [6.07, 6.45) is 0. The van der Waals surface area contributed by atoms with E-state index in [1.54, 1.807) is 18.2 Å². The Morgan fingerprint density at radius 1 is 1.00 bits per heavy atom. The summed E-state index contributed by atoms with van der Waals surface area (Å²) in [6.45, 7) is -0.610. The molecule has 0 fully saturated rings. The van der Waals surface area contributed by atoms with E-state index in [0.717, 1.165) is 24.3 Å². The fourth-order valence-electron chi connectivity index (χ4n) is 1.72. The maximum Gasteiger partial charge on any atom is 0.349 e. The molecule has 0 aliphatic carbocycles. The number of carbonyl (C=O) groups excluding carboxylic acids is 2. The van der Waals surface area contributed by atoms with E-state index in [-0.39, 0.29) is 5.75 Å². The van der Waals surface area contributed by atoms with Crippen LogP contribution >= 0.6 is 45.2 Å². The van der Waals surface area contributed by atoms with Gasteiger partial charge in [0.15, 0.2) is 6.61 Å². The van der Waals surface area contributed by atoms with Crippen molar-refractivity contribution in [1.29, 1.82) is 0 Å². The van der Waals surface area contributed by atoms with Crippen LogP contribution in [0.5, 0.6) is 5.75 Å². The third-order valence-electron chi connectivity index (χ3n) is 2.83. The minimum atomic E-state index is -4.57. The zero-order valence-electron chi connectivity index (χ0n) is 12.3. The van der Waals surface area contributed by atoms with Crippen LogP contribution in [0.2, 0.25) is 0 Å². The van der Waals surface area contributed by atoms with Crippen LogP contribution in [0, 0.1) is 7.14 Å². The Labute approximate surface area is 170 Å². The highest BCUT2D eigenvalue weighted by Gasteiger charge is 2.17. The lowest BCUT2D eigenvalue weighted by Gasteiger charge is -2.09. The van der Waals surface area contributed by atoms with Crippen LogP contribution in [0.3, 0.4) is 0 Å². The first-order chi connectivity index (χ1) is 11.7. The molecule has 0 aliphatic heterocycles. The molecule has 0 bridgehead atoms. The predicted octanol–water partition coefficient (Wildman–Crippen LogP) is 2.56. The summed E-state index contributed by atoms with van der Waals surface area (Å²) in [7, 11) is -4.57. The van der Waals surface area contributed by atoms with Crippen molar-refractivity contribution in [2.45, 2.75) is 4.90 Å². The number of benzene rings is 2. The van der Waals surface area contributed by atoms with Gasteiger partial charge >= 0.3 is 11.9 Å². The number of carbonyl (C=O) groups is 2. The van der Waals surface area contributed by atoms with Gasteiger partial charge in [-0.1, -0.05) is 6.07 Å². The van der Waals surface area contributed by atoms with Crippen LogP contribution in [0.15, 0.2) is 47.4 Å². The lowest BCUT2D eigenvalue weighted by atomic mass is 10.2. The van der Waals surface area contributed by atoms with Crippen LogP contribution in [0.4, 0.5) is 0 Å². The molecule has 0 spiro atoms. The Morgan fingerprint density at radius 3 is 2.08 bits per heavy atom. The second-order valence-electron chi connectivity index (χ2n) is 4.57. The largest absolute Gasteiger partial charge is 0.744 e. The molecule has 0 saturated carbocycles. The molecule has 132 valence electrons. The van der Waals surface area contributed by atoms with Crippen LogP contribution in [-0.4, -0.2) is 31.5 Å². The quantitative estimate of drug-likeness (QED) is 0.229. The summed E-state index contributed by atoms with van der Waals surface area (Å²) < 4.78 is 43.7. The highest BCUT2D eigenvalue weighted by Crippen LogP contribution is 2.20. The molecule has 0 heterocycles. The van der Waals surface area contributed by atoms with Gasteiger partial charge in [0, 0.05) is 7.14 Å². The summed E-state index contributed by atoms with van der Waals surface area (Å²) in [4.78, 5) is 23.3. The van der Waals surface area contributed by atoms with Gasteiger partial charge in [-0.3, -0.25) is 0 Å². The van der Waals surface area contributed by atoms with Crippen LogP contribution in [0.1, 0.15) is 10.4 Å². The van der Waals surface area contributed by atoms with Crippen molar-refractivity contribution in [2.24, 2.45) is 0 Å². The molecule has 0 saturated heterocycles. The van der Waals surface area contributed by atoms with Crippen molar-refractivity contribution < 1.29 is 32.0 Å². The Morgan fingerprint density at radius 2 is 1.56 bits per heavy atom. The van der Waals surface area contributed by atoms with Crippen molar-refractivity contribution in [2.75, 3.05) is 6.61 Å². The first-order valence-electron chi connectivity index (χ1n) is 6.56. The minimum absolute atomic E-state index is 0.0253. The molecule has 0 N–H and O–H groups in total. The molecule has 7 nitrogen and oxygen atoms in total. The predicted molar refractivity (Wildman–Crippen MR) is 102 cm³/mol. The summed E-state index contributed by atoms with van der Waals surface area (Å²) in [5.74, 6) is -1.47. The van der Waals surface area contributed by atoms with Gasteiger partial charge in [-0.2, -0.15) is 0 Å². The molecular formula is C15H9I2O7S-. The van der Waals surface area contributed by atoms with Gasteiger partial charge in [0.25, 0.3) is 0 Å². The Hall–Kier alpha value is -1.25. The number of rotatable bonds is 5. The summed E-state index contributed by atoms with van der Waals surface area (Å²) in [6, 6.07) is 9.63. The molecule has 0 unspecified atom stereocenters. The molecule has 0 radical (unpaired) electrons. The molecular weight excluding hydrogens is 578 g/mol. The number of hydrogen-bond acceptors (Lipinski definition) is 7. The first-order valence-corrected chi connectivity index (χ1v) is 10.1. The lowest BCUT2D eigenvalue weighted by molar-refractivity contribution is -0.137.